The summed E-state index contributed by atoms with van der Waals surface area (Å²) in [6, 6.07) is 10.6. The van der Waals surface area contributed by atoms with Crippen LogP contribution in [0, 0.1) is 0 Å². The van der Waals surface area contributed by atoms with Gasteiger partial charge in [-0.3, -0.25) is 10.0 Å². The molecule has 20 heavy (non-hydrogen) atoms. The van der Waals surface area contributed by atoms with Crippen LogP contribution in [0.4, 0.5) is 0 Å². The monoisotopic (exact) mass is 294 g/mol. The molecule has 0 unspecified atom stereocenters. The maximum atomic E-state index is 11.8. The molecule has 0 saturated heterocycles. The molecule has 0 spiro atoms. The molecule has 2 aromatic rings. The van der Waals surface area contributed by atoms with Gasteiger partial charge in [0.1, 0.15) is 0 Å². The second kappa shape index (κ2) is 5.58. The largest absolute Gasteiger partial charge is 0.288 e. The van der Waals surface area contributed by atoms with Gasteiger partial charge in [0.15, 0.2) is 0 Å². The highest BCUT2D eigenvalue weighted by Crippen LogP contribution is 2.22. The number of carbonyl (C=O) groups excluding carboxylic acids is 1. The number of rotatable bonds is 4. The van der Waals surface area contributed by atoms with Crippen molar-refractivity contribution in [3.05, 3.63) is 47.5 Å². The Kier molecular flexibility index (Phi) is 4.03. The number of sulfonamides is 1. The van der Waals surface area contributed by atoms with Gasteiger partial charge in [-0.25, -0.2) is 18.6 Å². The third kappa shape index (κ3) is 3.13. The fourth-order valence-corrected chi connectivity index (χ4v) is 2.41. The van der Waals surface area contributed by atoms with Crippen molar-refractivity contribution in [1.29, 1.82) is 0 Å². The van der Waals surface area contributed by atoms with E-state index >= 15 is 0 Å². The third-order valence-electron chi connectivity index (χ3n) is 2.87. The van der Waals surface area contributed by atoms with Crippen LogP contribution < -0.4 is 10.2 Å². The summed E-state index contributed by atoms with van der Waals surface area (Å²) in [5, 5.41) is 10.3. The summed E-state index contributed by atoms with van der Waals surface area (Å²) in [5.74, 6) is -0.674. The molecule has 0 aliphatic rings. The van der Waals surface area contributed by atoms with E-state index in [2.05, 4.69) is 4.72 Å². The minimum absolute atomic E-state index is 0.0214. The van der Waals surface area contributed by atoms with Crippen LogP contribution in [-0.4, -0.2) is 25.8 Å². The number of hydroxylamine groups is 1. The molecule has 7 heteroatoms. The Labute approximate surface area is 116 Å². The van der Waals surface area contributed by atoms with Crippen LogP contribution in [0.25, 0.3) is 10.8 Å². The molecule has 0 atom stereocenters. The lowest BCUT2D eigenvalue weighted by Crippen LogP contribution is -2.25. The SMILES string of the molecule is CS(=O)(=O)NCc1ccc2ccccc2c1C(=O)NO. The highest BCUT2D eigenvalue weighted by molar-refractivity contribution is 7.88. The number of benzene rings is 2. The van der Waals surface area contributed by atoms with Crippen LogP contribution in [-0.2, 0) is 16.6 Å². The van der Waals surface area contributed by atoms with Crippen molar-refractivity contribution in [3.8, 4) is 0 Å². The standard InChI is InChI=1S/C13H14N2O4S/c1-20(18,19)14-8-10-7-6-9-4-2-3-5-11(9)12(10)13(16)15-17/h2-7,14,17H,8H2,1H3,(H,15,16). The lowest BCUT2D eigenvalue weighted by atomic mass is 9.98. The third-order valence-corrected chi connectivity index (χ3v) is 3.54. The Morgan fingerprint density at radius 1 is 1.20 bits per heavy atom. The molecule has 0 aromatic heterocycles. The van der Waals surface area contributed by atoms with Crippen LogP contribution in [0.2, 0.25) is 0 Å². The number of nitrogens with one attached hydrogen (secondary N) is 2. The van der Waals surface area contributed by atoms with Crippen molar-refractivity contribution in [2.45, 2.75) is 6.54 Å². The average Bonchev–Trinajstić information content (AvgIpc) is 2.42. The Morgan fingerprint density at radius 2 is 1.90 bits per heavy atom. The van der Waals surface area contributed by atoms with Gasteiger partial charge in [0.05, 0.1) is 11.8 Å². The minimum atomic E-state index is -3.37. The molecule has 0 heterocycles. The van der Waals surface area contributed by atoms with E-state index < -0.39 is 15.9 Å². The van der Waals surface area contributed by atoms with E-state index in [0.29, 0.717) is 10.9 Å². The quantitative estimate of drug-likeness (QED) is 0.579. The van der Waals surface area contributed by atoms with E-state index in [4.69, 9.17) is 5.21 Å². The molecule has 0 bridgehead atoms. The van der Waals surface area contributed by atoms with E-state index in [-0.39, 0.29) is 12.1 Å². The Hall–Kier alpha value is -1.96. The molecular weight excluding hydrogens is 280 g/mol. The van der Waals surface area contributed by atoms with Gasteiger partial charge in [-0.05, 0) is 16.3 Å². The zero-order chi connectivity index (χ0) is 14.8. The van der Waals surface area contributed by atoms with E-state index in [9.17, 15) is 13.2 Å². The number of hydrogen-bond acceptors (Lipinski definition) is 4. The van der Waals surface area contributed by atoms with Crippen molar-refractivity contribution in [1.82, 2.24) is 10.2 Å². The summed E-state index contributed by atoms with van der Waals surface area (Å²) in [4.78, 5) is 11.8. The zero-order valence-corrected chi connectivity index (χ0v) is 11.6. The summed E-state index contributed by atoms with van der Waals surface area (Å²) >= 11 is 0. The van der Waals surface area contributed by atoms with Gasteiger partial charge in [0.25, 0.3) is 5.91 Å². The Morgan fingerprint density at radius 3 is 2.55 bits per heavy atom. The van der Waals surface area contributed by atoms with Gasteiger partial charge >= 0.3 is 0 Å². The summed E-state index contributed by atoms with van der Waals surface area (Å²) < 4.78 is 24.6. The van der Waals surface area contributed by atoms with Gasteiger partial charge in [0, 0.05) is 6.54 Å². The molecule has 0 fully saturated rings. The first kappa shape index (κ1) is 14.4. The van der Waals surface area contributed by atoms with Crippen molar-refractivity contribution < 1.29 is 18.4 Å². The minimum Gasteiger partial charge on any atom is -0.288 e. The summed E-state index contributed by atoms with van der Waals surface area (Å²) in [5.41, 5.74) is 2.33. The van der Waals surface area contributed by atoms with Gasteiger partial charge < -0.3 is 0 Å². The second-order valence-corrected chi connectivity index (χ2v) is 6.19. The number of carbonyl (C=O) groups is 1. The van der Waals surface area contributed by atoms with Crippen molar-refractivity contribution in [3.63, 3.8) is 0 Å². The molecule has 6 nitrogen and oxygen atoms in total. The van der Waals surface area contributed by atoms with Crippen LogP contribution in [0.5, 0.6) is 0 Å². The molecule has 0 aliphatic heterocycles. The van der Waals surface area contributed by atoms with Crippen LogP contribution in [0.3, 0.4) is 0 Å². The van der Waals surface area contributed by atoms with Crippen LogP contribution in [0.1, 0.15) is 15.9 Å². The molecule has 2 aromatic carbocycles. The summed E-state index contributed by atoms with van der Waals surface area (Å²) in [6.45, 7) is -0.0214. The Bertz CT molecular complexity index is 756. The topological polar surface area (TPSA) is 95.5 Å². The maximum Gasteiger partial charge on any atom is 0.275 e. The predicted octanol–water partition coefficient (Wildman–Crippen LogP) is 1.01. The van der Waals surface area contributed by atoms with E-state index in [0.717, 1.165) is 11.6 Å². The van der Waals surface area contributed by atoms with Gasteiger partial charge in [-0.2, -0.15) is 0 Å². The molecular formula is C13H14N2O4S. The van der Waals surface area contributed by atoms with Crippen LogP contribution in [0.15, 0.2) is 36.4 Å². The molecule has 0 aliphatic carbocycles. The smallest absolute Gasteiger partial charge is 0.275 e. The normalized spacial score (nSPS) is 11.5. The molecule has 2 rings (SSSR count). The highest BCUT2D eigenvalue weighted by atomic mass is 32.2. The predicted molar refractivity (Wildman–Crippen MR) is 74.9 cm³/mol. The molecule has 1 amide bonds. The molecule has 0 radical (unpaired) electrons. The lowest BCUT2D eigenvalue weighted by molar-refractivity contribution is 0.0707. The van der Waals surface area contributed by atoms with Crippen LogP contribution >= 0.6 is 0 Å². The summed E-state index contributed by atoms with van der Waals surface area (Å²) in [6.07, 6.45) is 1.04. The number of hydrogen-bond donors (Lipinski definition) is 3. The van der Waals surface area contributed by atoms with Gasteiger partial charge in [-0.15, -0.1) is 0 Å². The van der Waals surface area contributed by atoms with Crippen molar-refractivity contribution in [2.24, 2.45) is 0 Å². The first-order valence-electron chi connectivity index (χ1n) is 5.82. The molecule has 0 saturated carbocycles. The highest BCUT2D eigenvalue weighted by Gasteiger charge is 2.15. The number of fused-ring (bicyclic) bond motifs is 1. The van der Waals surface area contributed by atoms with E-state index in [1.165, 1.54) is 0 Å². The van der Waals surface area contributed by atoms with Gasteiger partial charge in [-0.1, -0.05) is 36.4 Å². The first-order chi connectivity index (χ1) is 9.42. The lowest BCUT2D eigenvalue weighted by Gasteiger charge is -2.11. The van der Waals surface area contributed by atoms with E-state index in [1.54, 1.807) is 29.7 Å². The zero-order valence-electron chi connectivity index (χ0n) is 10.8. The van der Waals surface area contributed by atoms with Crippen molar-refractivity contribution >= 4 is 26.7 Å². The fraction of sp³-hybridized carbons (Fsp3) is 0.154. The molecule has 3 N–H and O–H groups in total. The fourth-order valence-electron chi connectivity index (χ4n) is 2.00. The average molecular weight is 294 g/mol. The number of amides is 1. The second-order valence-electron chi connectivity index (χ2n) is 4.36. The van der Waals surface area contributed by atoms with Gasteiger partial charge in [0.2, 0.25) is 10.0 Å². The van der Waals surface area contributed by atoms with E-state index in [1.807, 2.05) is 12.1 Å². The molecule has 106 valence electrons. The first-order valence-corrected chi connectivity index (χ1v) is 7.71. The maximum absolute atomic E-state index is 11.8. The van der Waals surface area contributed by atoms with Crippen molar-refractivity contribution in [2.75, 3.05) is 6.26 Å². The summed E-state index contributed by atoms with van der Waals surface area (Å²) in [7, 11) is -3.37. The Balaban J connectivity index is 2.56.